The van der Waals surface area contributed by atoms with Crippen LogP contribution in [0.15, 0.2) is 24.3 Å². The van der Waals surface area contributed by atoms with Gasteiger partial charge in [0, 0.05) is 11.3 Å². The van der Waals surface area contributed by atoms with E-state index in [4.69, 9.17) is 0 Å². The van der Waals surface area contributed by atoms with Crippen molar-refractivity contribution in [3.63, 3.8) is 0 Å². The fourth-order valence-corrected chi connectivity index (χ4v) is 0.850. The molecule has 0 heterocycles. The zero-order valence-electron chi connectivity index (χ0n) is 7.11. The van der Waals surface area contributed by atoms with Gasteiger partial charge in [-0.05, 0) is 6.07 Å². The summed E-state index contributed by atoms with van der Waals surface area (Å²) < 4.78 is 0. The summed E-state index contributed by atoms with van der Waals surface area (Å²) >= 11 is 0. The van der Waals surface area contributed by atoms with E-state index in [-0.39, 0.29) is 40.8 Å². The minimum absolute atomic E-state index is 0. The van der Waals surface area contributed by atoms with Crippen LogP contribution in [0.4, 0.5) is 5.69 Å². The average molecular weight is 187 g/mol. The van der Waals surface area contributed by atoms with E-state index < -0.39 is 5.97 Å². The Morgan fingerprint density at radius 3 is 2.54 bits per heavy atom. The summed E-state index contributed by atoms with van der Waals surface area (Å²) in [7, 11) is 0. The number of carbonyl (C=O) groups excluding carboxylic acids is 2. The molecule has 5 heteroatoms. The smallest absolute Gasteiger partial charge is 0.545 e. The van der Waals surface area contributed by atoms with Crippen molar-refractivity contribution in [3.8, 4) is 0 Å². The summed E-state index contributed by atoms with van der Waals surface area (Å²) in [6.45, 7) is 0. The van der Waals surface area contributed by atoms with E-state index in [9.17, 15) is 14.7 Å². The Morgan fingerprint density at radius 2 is 2.00 bits per heavy atom. The van der Waals surface area contributed by atoms with Crippen LogP contribution < -0.4 is 40.0 Å². The van der Waals surface area contributed by atoms with Crippen LogP contribution >= 0.6 is 0 Å². The molecule has 62 valence electrons. The van der Waals surface area contributed by atoms with E-state index in [2.05, 4.69) is 5.32 Å². The Hall–Kier alpha value is -0.840. The summed E-state index contributed by atoms with van der Waals surface area (Å²) in [5, 5.41) is 12.7. The SMILES string of the molecule is O=CNc1ccccc1C(=O)[O-].[Na+]. The molecule has 1 rings (SSSR count). The van der Waals surface area contributed by atoms with Gasteiger partial charge < -0.3 is 15.2 Å². The van der Waals surface area contributed by atoms with Crippen molar-refractivity contribution >= 4 is 18.1 Å². The number of aromatic carboxylic acids is 1. The van der Waals surface area contributed by atoms with Gasteiger partial charge in [-0.3, -0.25) is 4.79 Å². The Morgan fingerprint density at radius 1 is 1.38 bits per heavy atom. The first kappa shape index (κ1) is 12.2. The van der Waals surface area contributed by atoms with Gasteiger partial charge in [0.25, 0.3) is 0 Å². The molecular weight excluding hydrogens is 181 g/mol. The molecule has 4 nitrogen and oxygen atoms in total. The Kier molecular flexibility index (Phi) is 5.37. The van der Waals surface area contributed by atoms with Gasteiger partial charge in [0.05, 0.1) is 5.97 Å². The second-order valence-electron chi connectivity index (χ2n) is 2.10. The molecule has 1 N–H and O–H groups in total. The number of amides is 1. The molecular formula is C8H6NNaO3. The third-order valence-electron chi connectivity index (χ3n) is 1.36. The van der Waals surface area contributed by atoms with Gasteiger partial charge in [0.2, 0.25) is 6.41 Å². The number of anilines is 1. The van der Waals surface area contributed by atoms with Crippen molar-refractivity contribution < 1.29 is 44.3 Å². The van der Waals surface area contributed by atoms with Crippen LogP contribution in [0, 0.1) is 0 Å². The Balaban J connectivity index is 0.00000144. The van der Waals surface area contributed by atoms with Crippen molar-refractivity contribution in [1.29, 1.82) is 0 Å². The van der Waals surface area contributed by atoms with E-state index in [0.29, 0.717) is 6.41 Å². The molecule has 1 aromatic carbocycles. The monoisotopic (exact) mass is 187 g/mol. The van der Waals surface area contributed by atoms with Gasteiger partial charge in [0.1, 0.15) is 0 Å². The van der Waals surface area contributed by atoms with Crippen molar-refractivity contribution in [1.82, 2.24) is 0 Å². The maximum absolute atomic E-state index is 10.4. The third-order valence-corrected chi connectivity index (χ3v) is 1.36. The maximum Gasteiger partial charge on any atom is 1.00 e. The second-order valence-corrected chi connectivity index (χ2v) is 2.10. The van der Waals surface area contributed by atoms with E-state index in [1.165, 1.54) is 12.1 Å². The van der Waals surface area contributed by atoms with Gasteiger partial charge in [-0.1, -0.05) is 18.2 Å². The summed E-state index contributed by atoms with van der Waals surface area (Å²) in [5.74, 6) is -1.31. The topological polar surface area (TPSA) is 69.2 Å². The summed E-state index contributed by atoms with van der Waals surface area (Å²) in [6.07, 6.45) is 0.418. The number of para-hydroxylation sites is 1. The summed E-state index contributed by atoms with van der Waals surface area (Å²) in [5.41, 5.74) is 0.220. The van der Waals surface area contributed by atoms with Gasteiger partial charge in [-0.2, -0.15) is 0 Å². The second kappa shape index (κ2) is 5.75. The molecule has 0 bridgehead atoms. The molecule has 1 amide bonds. The molecule has 0 spiro atoms. The molecule has 0 aliphatic heterocycles. The summed E-state index contributed by atoms with van der Waals surface area (Å²) in [6, 6.07) is 6.03. The first-order chi connectivity index (χ1) is 5.75. The van der Waals surface area contributed by atoms with E-state index >= 15 is 0 Å². The molecule has 0 fully saturated rings. The first-order valence-electron chi connectivity index (χ1n) is 3.26. The van der Waals surface area contributed by atoms with Crippen molar-refractivity contribution in [2.24, 2.45) is 0 Å². The van der Waals surface area contributed by atoms with E-state index in [1.807, 2.05) is 0 Å². The van der Waals surface area contributed by atoms with Crippen LogP contribution in [0.3, 0.4) is 0 Å². The predicted molar refractivity (Wildman–Crippen MR) is 40.5 cm³/mol. The first-order valence-corrected chi connectivity index (χ1v) is 3.26. The van der Waals surface area contributed by atoms with Crippen LogP contribution in [-0.4, -0.2) is 12.4 Å². The number of benzene rings is 1. The van der Waals surface area contributed by atoms with E-state index in [0.717, 1.165) is 0 Å². The number of hydrogen-bond acceptors (Lipinski definition) is 3. The van der Waals surface area contributed by atoms with Crippen LogP contribution in [0.1, 0.15) is 10.4 Å². The van der Waals surface area contributed by atoms with Crippen LogP contribution in [0.5, 0.6) is 0 Å². The number of nitrogens with one attached hydrogen (secondary N) is 1. The molecule has 0 aliphatic carbocycles. The molecule has 0 saturated carbocycles. The van der Waals surface area contributed by atoms with Crippen molar-refractivity contribution in [2.45, 2.75) is 0 Å². The van der Waals surface area contributed by atoms with Gasteiger partial charge in [-0.25, -0.2) is 0 Å². The minimum Gasteiger partial charge on any atom is -0.545 e. The molecule has 0 aromatic heterocycles. The summed E-state index contributed by atoms with van der Waals surface area (Å²) in [4.78, 5) is 20.5. The number of carboxylic acids is 1. The number of carboxylic acid groups (broad SMARTS) is 1. The maximum atomic E-state index is 10.4. The number of hydrogen-bond donors (Lipinski definition) is 1. The quantitative estimate of drug-likeness (QED) is 0.396. The van der Waals surface area contributed by atoms with Gasteiger partial charge >= 0.3 is 29.6 Å². The average Bonchev–Trinajstić information content (AvgIpc) is 2.05. The van der Waals surface area contributed by atoms with Crippen LogP contribution in [-0.2, 0) is 4.79 Å². The fraction of sp³-hybridized carbons (Fsp3) is 0. The fourth-order valence-electron chi connectivity index (χ4n) is 0.850. The zero-order chi connectivity index (χ0) is 8.97. The largest absolute Gasteiger partial charge is 1.00 e. The number of rotatable bonds is 3. The van der Waals surface area contributed by atoms with Crippen molar-refractivity contribution in [2.75, 3.05) is 5.32 Å². The van der Waals surface area contributed by atoms with Crippen LogP contribution in [0.2, 0.25) is 0 Å². The van der Waals surface area contributed by atoms with Crippen molar-refractivity contribution in [3.05, 3.63) is 29.8 Å². The molecule has 1 aromatic rings. The molecule has 0 radical (unpaired) electrons. The Bertz CT molecular complexity index is 314. The molecule has 0 saturated heterocycles. The molecule has 0 atom stereocenters. The minimum atomic E-state index is -1.31. The normalized spacial score (nSPS) is 8.31. The number of carbonyl (C=O) groups is 2. The zero-order valence-corrected chi connectivity index (χ0v) is 9.11. The molecule has 0 aliphatic rings. The Labute approximate surface area is 97.2 Å². The van der Waals surface area contributed by atoms with E-state index in [1.54, 1.807) is 12.1 Å². The standard InChI is InChI=1S/C8H7NO3.Na/c10-5-9-7-4-2-1-3-6(7)8(11)12;/h1-5H,(H,9,10)(H,11,12);/q;+1/p-1. The molecule has 0 unspecified atom stereocenters. The van der Waals surface area contributed by atoms with Gasteiger partial charge in [0.15, 0.2) is 0 Å². The predicted octanol–water partition coefficient (Wildman–Crippen LogP) is -3.38. The molecule has 13 heavy (non-hydrogen) atoms. The van der Waals surface area contributed by atoms with Gasteiger partial charge in [-0.15, -0.1) is 0 Å². The van der Waals surface area contributed by atoms with Crippen LogP contribution in [0.25, 0.3) is 0 Å². The third kappa shape index (κ3) is 3.18.